The number of benzene rings is 1. The minimum atomic E-state index is -0.542. The molecule has 0 aliphatic carbocycles. The van der Waals surface area contributed by atoms with Crippen LogP contribution in [0.25, 0.3) is 0 Å². The molecule has 1 aromatic rings. The topological polar surface area (TPSA) is 73.6 Å². The third kappa shape index (κ3) is 5.07. The van der Waals surface area contributed by atoms with Gasteiger partial charge in [-0.2, -0.15) is 0 Å². The van der Waals surface area contributed by atoms with Crippen molar-refractivity contribution in [2.75, 3.05) is 13.7 Å². The molecule has 0 aromatic heterocycles. The first-order chi connectivity index (χ1) is 8.99. The lowest BCUT2D eigenvalue weighted by atomic mass is 10.2. The second-order valence-corrected chi connectivity index (χ2v) is 4.46. The molecule has 0 heterocycles. The van der Waals surface area contributed by atoms with Crippen LogP contribution in [0.3, 0.4) is 0 Å². The molecule has 1 aromatic carbocycles. The van der Waals surface area contributed by atoms with Crippen LogP contribution in [0.4, 0.5) is 0 Å². The lowest BCUT2D eigenvalue weighted by Crippen LogP contribution is -2.37. The Balaban J connectivity index is 0.00000361. The van der Waals surface area contributed by atoms with E-state index in [1.54, 1.807) is 26.2 Å². The minimum Gasteiger partial charge on any atom is -0.493 e. The molecule has 7 heteroatoms. The zero-order valence-corrected chi connectivity index (χ0v) is 13.3. The van der Waals surface area contributed by atoms with Crippen LogP contribution in [0.15, 0.2) is 12.1 Å². The Kier molecular flexibility index (Phi) is 8.37. The molecule has 0 aliphatic heterocycles. The van der Waals surface area contributed by atoms with Gasteiger partial charge < -0.3 is 20.5 Å². The molecule has 0 unspecified atom stereocenters. The Bertz CT molecular complexity index is 453. The summed E-state index contributed by atoms with van der Waals surface area (Å²) in [5.74, 6) is 0.831. The van der Waals surface area contributed by atoms with Crippen LogP contribution in [-0.2, 0) is 11.3 Å². The Morgan fingerprint density at radius 3 is 2.65 bits per heavy atom. The van der Waals surface area contributed by atoms with Crippen molar-refractivity contribution in [3.05, 3.63) is 22.7 Å². The average Bonchev–Trinajstić information content (AvgIpc) is 2.38. The monoisotopic (exact) mass is 322 g/mol. The summed E-state index contributed by atoms with van der Waals surface area (Å²) in [5, 5.41) is 3.16. The highest BCUT2D eigenvalue weighted by atomic mass is 35.5. The van der Waals surface area contributed by atoms with Gasteiger partial charge in [-0.25, -0.2) is 0 Å². The van der Waals surface area contributed by atoms with Gasteiger partial charge >= 0.3 is 0 Å². The fraction of sp³-hybridized carbons (Fsp3) is 0.462. The maximum atomic E-state index is 11.4. The Hall–Kier alpha value is -1.17. The van der Waals surface area contributed by atoms with Crippen LogP contribution in [0.1, 0.15) is 19.4 Å². The van der Waals surface area contributed by atoms with E-state index in [0.717, 1.165) is 5.56 Å². The van der Waals surface area contributed by atoms with Crippen LogP contribution in [0, 0.1) is 0 Å². The molecule has 1 atom stereocenters. The van der Waals surface area contributed by atoms with Crippen molar-refractivity contribution in [1.29, 1.82) is 0 Å². The lowest BCUT2D eigenvalue weighted by Gasteiger charge is -2.14. The molecule has 0 radical (unpaired) electrons. The van der Waals surface area contributed by atoms with Gasteiger partial charge in [-0.15, -0.1) is 12.4 Å². The number of rotatable bonds is 6. The lowest BCUT2D eigenvalue weighted by molar-refractivity contribution is -0.122. The molecule has 0 saturated heterocycles. The molecule has 5 nitrogen and oxygen atoms in total. The van der Waals surface area contributed by atoms with Gasteiger partial charge in [0, 0.05) is 6.54 Å². The highest BCUT2D eigenvalue weighted by molar-refractivity contribution is 6.32. The van der Waals surface area contributed by atoms with E-state index in [4.69, 9.17) is 26.8 Å². The molecule has 1 rings (SSSR count). The number of hydrogen-bond donors (Lipinski definition) is 2. The summed E-state index contributed by atoms with van der Waals surface area (Å²) >= 11 is 6.13. The third-order valence-electron chi connectivity index (χ3n) is 2.46. The van der Waals surface area contributed by atoms with E-state index >= 15 is 0 Å². The van der Waals surface area contributed by atoms with Gasteiger partial charge in [-0.05, 0) is 31.5 Å². The molecule has 3 N–H and O–H groups in total. The maximum Gasteiger partial charge on any atom is 0.236 e. The summed E-state index contributed by atoms with van der Waals surface area (Å²) in [4.78, 5) is 11.4. The van der Waals surface area contributed by atoms with Gasteiger partial charge in [0.25, 0.3) is 0 Å². The first-order valence-electron chi connectivity index (χ1n) is 6.02. The summed E-state index contributed by atoms with van der Waals surface area (Å²) in [6.45, 7) is 4.33. The van der Waals surface area contributed by atoms with Crippen LogP contribution in [-0.4, -0.2) is 25.7 Å². The smallest absolute Gasteiger partial charge is 0.236 e. The van der Waals surface area contributed by atoms with E-state index in [2.05, 4.69) is 5.32 Å². The first-order valence-corrected chi connectivity index (χ1v) is 6.39. The molecule has 20 heavy (non-hydrogen) atoms. The molecule has 114 valence electrons. The molecule has 1 amide bonds. The Morgan fingerprint density at radius 2 is 2.15 bits per heavy atom. The van der Waals surface area contributed by atoms with Gasteiger partial charge in [0.05, 0.1) is 24.8 Å². The second kappa shape index (κ2) is 8.89. The van der Waals surface area contributed by atoms with Crippen LogP contribution >= 0.6 is 24.0 Å². The standard InChI is InChI=1S/C13H19ClN2O3.ClH/c1-4-19-12-10(14)5-9(6-11(12)18-3)7-16-13(17)8(2)15;/h5-6,8H,4,7,15H2,1-3H3,(H,16,17);1H/t8-;/m1./s1. The molecular weight excluding hydrogens is 303 g/mol. The summed E-state index contributed by atoms with van der Waals surface area (Å²) in [5.41, 5.74) is 6.29. The molecule has 0 bridgehead atoms. The molecule has 0 fully saturated rings. The van der Waals surface area contributed by atoms with Gasteiger partial charge in [0.15, 0.2) is 11.5 Å². The van der Waals surface area contributed by atoms with Crippen LogP contribution < -0.4 is 20.5 Å². The quantitative estimate of drug-likeness (QED) is 0.841. The number of carbonyl (C=O) groups excluding carboxylic acids is 1. The van der Waals surface area contributed by atoms with E-state index < -0.39 is 6.04 Å². The number of ether oxygens (including phenoxy) is 2. The summed E-state index contributed by atoms with van der Waals surface area (Å²) in [6, 6.07) is 2.97. The fourth-order valence-corrected chi connectivity index (χ4v) is 1.80. The number of nitrogens with two attached hydrogens (primary N) is 1. The molecule has 0 spiro atoms. The van der Waals surface area contributed by atoms with E-state index in [0.29, 0.717) is 29.7 Å². The van der Waals surface area contributed by atoms with Crippen molar-refractivity contribution < 1.29 is 14.3 Å². The highest BCUT2D eigenvalue weighted by Gasteiger charge is 2.13. The van der Waals surface area contributed by atoms with Gasteiger partial charge in [-0.3, -0.25) is 4.79 Å². The highest BCUT2D eigenvalue weighted by Crippen LogP contribution is 2.36. The molecule has 0 saturated carbocycles. The van der Waals surface area contributed by atoms with Crippen molar-refractivity contribution in [1.82, 2.24) is 5.32 Å². The van der Waals surface area contributed by atoms with Crippen molar-refractivity contribution in [2.24, 2.45) is 5.73 Å². The van der Waals surface area contributed by atoms with Crippen LogP contribution in [0.2, 0.25) is 5.02 Å². The summed E-state index contributed by atoms with van der Waals surface area (Å²) in [6.07, 6.45) is 0. The summed E-state index contributed by atoms with van der Waals surface area (Å²) < 4.78 is 10.6. The van der Waals surface area contributed by atoms with E-state index in [-0.39, 0.29) is 18.3 Å². The molecule has 0 aliphatic rings. The zero-order chi connectivity index (χ0) is 14.4. The first kappa shape index (κ1) is 18.8. The predicted octanol–water partition coefficient (Wildman–Crippen LogP) is 2.13. The summed E-state index contributed by atoms with van der Waals surface area (Å²) in [7, 11) is 1.54. The predicted molar refractivity (Wildman–Crippen MR) is 81.9 cm³/mol. The number of nitrogens with one attached hydrogen (secondary N) is 1. The number of methoxy groups -OCH3 is 1. The number of hydrogen-bond acceptors (Lipinski definition) is 4. The Labute approximate surface area is 130 Å². The fourth-order valence-electron chi connectivity index (χ4n) is 1.51. The minimum absolute atomic E-state index is 0. The van der Waals surface area contributed by atoms with E-state index in [1.807, 2.05) is 6.92 Å². The largest absolute Gasteiger partial charge is 0.493 e. The van der Waals surface area contributed by atoms with Crippen LogP contribution in [0.5, 0.6) is 11.5 Å². The second-order valence-electron chi connectivity index (χ2n) is 4.05. The van der Waals surface area contributed by atoms with Crippen molar-refractivity contribution in [3.63, 3.8) is 0 Å². The normalized spacial score (nSPS) is 11.2. The van der Waals surface area contributed by atoms with Gasteiger partial charge in [0.2, 0.25) is 5.91 Å². The SMILES string of the molecule is CCOc1c(Cl)cc(CNC(=O)[C@@H](C)N)cc1OC.Cl. The Morgan fingerprint density at radius 1 is 1.50 bits per heavy atom. The third-order valence-corrected chi connectivity index (χ3v) is 2.74. The zero-order valence-electron chi connectivity index (χ0n) is 11.7. The number of amides is 1. The van der Waals surface area contributed by atoms with Gasteiger partial charge in [0.1, 0.15) is 0 Å². The van der Waals surface area contributed by atoms with Crippen molar-refractivity contribution in [2.45, 2.75) is 26.4 Å². The van der Waals surface area contributed by atoms with Crippen molar-refractivity contribution in [3.8, 4) is 11.5 Å². The van der Waals surface area contributed by atoms with E-state index in [9.17, 15) is 4.79 Å². The van der Waals surface area contributed by atoms with Crippen molar-refractivity contribution >= 4 is 29.9 Å². The van der Waals surface area contributed by atoms with E-state index in [1.165, 1.54) is 0 Å². The number of carbonyl (C=O) groups is 1. The molecular formula is C13H20Cl2N2O3. The average molecular weight is 323 g/mol. The number of halogens is 2. The van der Waals surface area contributed by atoms with Gasteiger partial charge in [-0.1, -0.05) is 11.6 Å². The maximum absolute atomic E-state index is 11.4.